The number of rotatable bonds is 5. The van der Waals surface area contributed by atoms with Crippen molar-refractivity contribution < 1.29 is 13.6 Å². The third kappa shape index (κ3) is 5.58. The largest absolute Gasteiger partial charge is 0.436 e. The molecule has 4 rings (SSSR count). The Hall–Kier alpha value is -2.65. The van der Waals surface area contributed by atoms with Gasteiger partial charge in [-0.1, -0.05) is 23.2 Å². The molecule has 1 aromatic heterocycles. The number of amides is 1. The van der Waals surface area contributed by atoms with Crippen LogP contribution in [0.5, 0.6) is 0 Å². The smallest absolute Gasteiger partial charge is 0.236 e. The second-order valence-electron chi connectivity index (χ2n) is 6.57. The Morgan fingerprint density at radius 3 is 2.62 bits per heavy atom. The van der Waals surface area contributed by atoms with Crippen molar-refractivity contribution in [1.29, 1.82) is 0 Å². The molecule has 0 aliphatic heterocycles. The monoisotopic (exact) mass is 505 g/mol. The number of thioether (sulfide) groups is 1. The van der Waals surface area contributed by atoms with E-state index in [2.05, 4.69) is 15.6 Å². The topological polar surface area (TPSA) is 67.2 Å². The number of anilines is 1. The first-order valence-electron chi connectivity index (χ1n) is 9.22. The molecule has 0 aliphatic rings. The van der Waals surface area contributed by atoms with Crippen LogP contribution in [0.3, 0.4) is 0 Å². The van der Waals surface area contributed by atoms with E-state index < -0.39 is 5.82 Å². The maximum atomic E-state index is 13.3. The highest BCUT2D eigenvalue weighted by Crippen LogP contribution is 2.31. The fourth-order valence-corrected chi connectivity index (χ4v) is 4.09. The maximum absolute atomic E-state index is 13.3. The molecule has 0 saturated heterocycles. The number of benzene rings is 3. The Morgan fingerprint density at radius 2 is 1.88 bits per heavy atom. The summed E-state index contributed by atoms with van der Waals surface area (Å²) in [5, 5.41) is 6.60. The van der Waals surface area contributed by atoms with Gasteiger partial charge in [-0.15, -0.1) is 11.8 Å². The summed E-state index contributed by atoms with van der Waals surface area (Å²) in [5.74, 6) is -0.202. The van der Waals surface area contributed by atoms with Gasteiger partial charge < -0.3 is 15.1 Å². The molecule has 3 aromatic carbocycles. The normalized spacial score (nSPS) is 10.8. The summed E-state index contributed by atoms with van der Waals surface area (Å²) in [6.45, 7) is 0. The Labute approximate surface area is 202 Å². The first-order chi connectivity index (χ1) is 15.4. The number of carbonyl (C=O) groups is 1. The molecule has 0 spiro atoms. The number of thiocarbonyl (C=S) groups is 1. The maximum Gasteiger partial charge on any atom is 0.236 e. The Bertz CT molecular complexity index is 1310. The van der Waals surface area contributed by atoms with Crippen molar-refractivity contribution in [2.45, 2.75) is 4.90 Å². The number of hydrogen-bond donors (Lipinski definition) is 2. The molecule has 4 aromatic rings. The van der Waals surface area contributed by atoms with Gasteiger partial charge in [0, 0.05) is 15.6 Å². The predicted molar refractivity (Wildman–Crippen MR) is 131 cm³/mol. The lowest BCUT2D eigenvalue weighted by Gasteiger charge is -2.09. The van der Waals surface area contributed by atoms with E-state index in [1.54, 1.807) is 30.3 Å². The van der Waals surface area contributed by atoms with E-state index in [0.717, 1.165) is 4.90 Å². The van der Waals surface area contributed by atoms with Gasteiger partial charge in [0.1, 0.15) is 11.3 Å². The fraction of sp³-hybridized carbons (Fsp3) is 0.0455. The second kappa shape index (κ2) is 9.87. The van der Waals surface area contributed by atoms with Crippen molar-refractivity contribution in [2.75, 3.05) is 11.1 Å². The quantitative estimate of drug-likeness (QED) is 0.237. The third-order valence-electron chi connectivity index (χ3n) is 4.24. The number of aromatic nitrogens is 1. The number of oxazole rings is 1. The van der Waals surface area contributed by atoms with Gasteiger partial charge in [0.2, 0.25) is 11.8 Å². The Kier molecular flexibility index (Phi) is 6.95. The van der Waals surface area contributed by atoms with Crippen molar-refractivity contribution in [1.82, 2.24) is 10.3 Å². The molecule has 0 unspecified atom stereocenters. The summed E-state index contributed by atoms with van der Waals surface area (Å²) in [5.41, 5.74) is 2.19. The number of nitrogens with one attached hydrogen (secondary N) is 2. The van der Waals surface area contributed by atoms with Crippen molar-refractivity contribution >= 4 is 75.0 Å². The molecule has 162 valence electrons. The van der Waals surface area contributed by atoms with Gasteiger partial charge in [-0.3, -0.25) is 4.79 Å². The zero-order valence-electron chi connectivity index (χ0n) is 16.2. The van der Waals surface area contributed by atoms with E-state index >= 15 is 0 Å². The average molecular weight is 506 g/mol. The van der Waals surface area contributed by atoms with Crippen LogP contribution in [0, 0.1) is 5.82 Å². The molecule has 32 heavy (non-hydrogen) atoms. The molecule has 0 atom stereocenters. The third-order valence-corrected chi connectivity index (χ3v) is 6.02. The van der Waals surface area contributed by atoms with Crippen LogP contribution in [0.15, 0.2) is 70.0 Å². The fourth-order valence-electron chi connectivity index (χ4n) is 2.79. The molecular weight excluding hydrogens is 492 g/mol. The number of carbonyl (C=O) groups excluding carboxylic acids is 1. The molecule has 10 heteroatoms. The van der Waals surface area contributed by atoms with Gasteiger partial charge in [0.15, 0.2) is 10.7 Å². The summed E-state index contributed by atoms with van der Waals surface area (Å²) in [6.07, 6.45) is 0. The lowest BCUT2D eigenvalue weighted by molar-refractivity contribution is -0.117. The van der Waals surface area contributed by atoms with Crippen molar-refractivity contribution in [3.8, 4) is 11.5 Å². The van der Waals surface area contributed by atoms with Gasteiger partial charge in [-0.05, 0) is 72.9 Å². The summed E-state index contributed by atoms with van der Waals surface area (Å²) >= 11 is 18.6. The zero-order chi connectivity index (χ0) is 22.7. The standard InChI is InChI=1S/C22H14Cl2FN3O2S2/c23-12-1-5-15(6-2-12)32-11-20(29)28-22(31)26-14-4-8-19-18(10-14)27-21(30-19)16-7-3-13(25)9-17(16)24/h1-10H,11H2,(H2,26,28,29,31). The lowest BCUT2D eigenvalue weighted by atomic mass is 10.2. The van der Waals surface area contributed by atoms with Crippen LogP contribution in [-0.2, 0) is 4.79 Å². The molecule has 0 bridgehead atoms. The first kappa shape index (κ1) is 22.5. The zero-order valence-corrected chi connectivity index (χ0v) is 19.3. The van der Waals surface area contributed by atoms with Crippen molar-refractivity contribution in [3.63, 3.8) is 0 Å². The molecular formula is C22H14Cl2FN3O2S2. The highest BCUT2D eigenvalue weighted by molar-refractivity contribution is 8.00. The van der Waals surface area contributed by atoms with Crippen LogP contribution in [0.1, 0.15) is 0 Å². The van der Waals surface area contributed by atoms with Crippen LogP contribution < -0.4 is 10.6 Å². The van der Waals surface area contributed by atoms with Crippen LogP contribution in [0.25, 0.3) is 22.6 Å². The Morgan fingerprint density at radius 1 is 1.09 bits per heavy atom. The highest BCUT2D eigenvalue weighted by atomic mass is 35.5. The number of nitrogens with zero attached hydrogens (tertiary/aromatic N) is 1. The van der Waals surface area contributed by atoms with Crippen molar-refractivity contribution in [2.24, 2.45) is 0 Å². The van der Waals surface area contributed by atoms with E-state index in [1.165, 1.54) is 30.0 Å². The molecule has 5 nitrogen and oxygen atoms in total. The van der Waals surface area contributed by atoms with Gasteiger partial charge in [0.05, 0.1) is 16.3 Å². The predicted octanol–water partition coefficient (Wildman–Crippen LogP) is 6.55. The highest BCUT2D eigenvalue weighted by Gasteiger charge is 2.13. The molecule has 0 aliphatic carbocycles. The molecule has 1 heterocycles. The minimum absolute atomic E-state index is 0.163. The summed E-state index contributed by atoms with van der Waals surface area (Å²) < 4.78 is 19.0. The van der Waals surface area contributed by atoms with E-state index in [9.17, 15) is 9.18 Å². The minimum Gasteiger partial charge on any atom is -0.436 e. The van der Waals surface area contributed by atoms with Gasteiger partial charge in [0.25, 0.3) is 0 Å². The second-order valence-corrected chi connectivity index (χ2v) is 8.87. The SMILES string of the molecule is O=C(CSc1ccc(Cl)cc1)NC(=S)Nc1ccc2oc(-c3ccc(F)cc3Cl)nc2c1. The first-order valence-corrected chi connectivity index (χ1v) is 11.4. The molecule has 0 radical (unpaired) electrons. The molecule has 2 N–H and O–H groups in total. The molecule has 0 saturated carbocycles. The van der Waals surface area contributed by atoms with Gasteiger partial charge >= 0.3 is 0 Å². The Balaban J connectivity index is 1.38. The summed E-state index contributed by atoms with van der Waals surface area (Å²) in [7, 11) is 0. The molecule has 0 fully saturated rings. The van der Waals surface area contributed by atoms with E-state index in [0.29, 0.717) is 27.4 Å². The van der Waals surface area contributed by atoms with Crippen LogP contribution in [-0.4, -0.2) is 21.8 Å². The lowest BCUT2D eigenvalue weighted by Crippen LogP contribution is -2.35. The van der Waals surface area contributed by atoms with Gasteiger partial charge in [-0.25, -0.2) is 9.37 Å². The average Bonchev–Trinajstić information content (AvgIpc) is 3.16. The van der Waals surface area contributed by atoms with Crippen LogP contribution in [0.4, 0.5) is 10.1 Å². The van der Waals surface area contributed by atoms with Crippen molar-refractivity contribution in [3.05, 3.63) is 76.5 Å². The van der Waals surface area contributed by atoms with Crippen LogP contribution in [0.2, 0.25) is 10.0 Å². The summed E-state index contributed by atoms with van der Waals surface area (Å²) in [4.78, 5) is 17.5. The van der Waals surface area contributed by atoms with E-state index in [1.807, 2.05) is 12.1 Å². The number of fused-ring (bicyclic) bond motifs is 1. The van der Waals surface area contributed by atoms with Crippen LogP contribution >= 0.6 is 47.2 Å². The number of hydrogen-bond acceptors (Lipinski definition) is 5. The minimum atomic E-state index is -0.441. The number of halogens is 3. The van der Waals surface area contributed by atoms with E-state index in [-0.39, 0.29) is 27.7 Å². The summed E-state index contributed by atoms with van der Waals surface area (Å²) in [6, 6.07) is 16.4. The van der Waals surface area contributed by atoms with Gasteiger partial charge in [-0.2, -0.15) is 0 Å². The van der Waals surface area contributed by atoms with E-state index in [4.69, 9.17) is 39.8 Å². The molecule has 1 amide bonds.